The first kappa shape index (κ1) is 16.6. The Labute approximate surface area is 142 Å². The van der Waals surface area contributed by atoms with Crippen LogP contribution in [0, 0.1) is 23.0 Å². The Bertz CT molecular complexity index is 923. The molecule has 2 aromatic carbocycles. The molecular weight excluding hydrogens is 328 g/mol. The molecular formula is C18H13F2N3O2. The number of carbonyl (C=O) groups is 2. The Kier molecular flexibility index (Phi) is 3.97. The van der Waals surface area contributed by atoms with Crippen LogP contribution in [0.3, 0.4) is 0 Å². The fraction of sp³-hybridized carbons (Fsp3) is 0.167. The van der Waals surface area contributed by atoms with Gasteiger partial charge < -0.3 is 5.32 Å². The molecule has 25 heavy (non-hydrogen) atoms. The van der Waals surface area contributed by atoms with Gasteiger partial charge in [-0.25, -0.2) is 13.6 Å². The molecule has 0 bridgehead atoms. The van der Waals surface area contributed by atoms with Crippen molar-refractivity contribution in [3.63, 3.8) is 0 Å². The fourth-order valence-electron chi connectivity index (χ4n) is 2.78. The topological polar surface area (TPSA) is 73.2 Å². The van der Waals surface area contributed by atoms with Gasteiger partial charge in [-0.1, -0.05) is 24.3 Å². The number of benzene rings is 2. The Balaban J connectivity index is 1.94. The molecule has 126 valence electrons. The van der Waals surface area contributed by atoms with Crippen molar-refractivity contribution >= 4 is 11.9 Å². The van der Waals surface area contributed by atoms with E-state index in [2.05, 4.69) is 5.32 Å². The number of hydrogen-bond donors (Lipinski definition) is 1. The Morgan fingerprint density at radius 3 is 2.56 bits per heavy atom. The van der Waals surface area contributed by atoms with Gasteiger partial charge in [-0.2, -0.15) is 5.26 Å². The summed E-state index contributed by atoms with van der Waals surface area (Å²) >= 11 is 0. The molecule has 0 saturated carbocycles. The highest BCUT2D eigenvalue weighted by atomic mass is 19.2. The van der Waals surface area contributed by atoms with Crippen molar-refractivity contribution < 1.29 is 18.4 Å². The van der Waals surface area contributed by atoms with Crippen LogP contribution >= 0.6 is 0 Å². The van der Waals surface area contributed by atoms with E-state index in [1.54, 1.807) is 24.3 Å². The molecule has 1 aliphatic rings. The third-order valence-electron chi connectivity index (χ3n) is 4.24. The maximum absolute atomic E-state index is 13.5. The van der Waals surface area contributed by atoms with Gasteiger partial charge in [0, 0.05) is 0 Å². The van der Waals surface area contributed by atoms with Gasteiger partial charge in [0.25, 0.3) is 5.91 Å². The van der Waals surface area contributed by atoms with Gasteiger partial charge in [-0.3, -0.25) is 9.69 Å². The molecule has 0 aromatic heterocycles. The summed E-state index contributed by atoms with van der Waals surface area (Å²) in [6.07, 6.45) is 0. The minimum Gasteiger partial charge on any atom is -0.319 e. The zero-order valence-electron chi connectivity index (χ0n) is 13.2. The molecule has 0 radical (unpaired) electrons. The molecule has 2 aromatic rings. The predicted octanol–water partition coefficient (Wildman–Crippen LogP) is 2.80. The number of amides is 3. The van der Waals surface area contributed by atoms with Crippen molar-refractivity contribution in [3.8, 4) is 6.07 Å². The van der Waals surface area contributed by atoms with E-state index in [1.165, 1.54) is 13.0 Å². The highest BCUT2D eigenvalue weighted by Crippen LogP contribution is 2.31. The summed E-state index contributed by atoms with van der Waals surface area (Å²) in [5.41, 5.74) is -0.499. The average Bonchev–Trinajstić information content (AvgIpc) is 2.82. The van der Waals surface area contributed by atoms with Gasteiger partial charge in [-0.15, -0.1) is 0 Å². The number of halogens is 2. The normalized spacial score (nSPS) is 19.7. The van der Waals surface area contributed by atoms with Crippen molar-refractivity contribution in [2.45, 2.75) is 19.0 Å². The summed E-state index contributed by atoms with van der Waals surface area (Å²) in [7, 11) is 0. The number of nitriles is 1. The predicted molar refractivity (Wildman–Crippen MR) is 83.9 cm³/mol. The number of nitrogens with one attached hydrogen (secondary N) is 1. The first-order valence-corrected chi connectivity index (χ1v) is 7.44. The Morgan fingerprint density at radius 1 is 1.16 bits per heavy atom. The van der Waals surface area contributed by atoms with E-state index < -0.39 is 29.1 Å². The van der Waals surface area contributed by atoms with Crippen molar-refractivity contribution in [3.05, 3.63) is 70.8 Å². The highest BCUT2D eigenvalue weighted by Gasteiger charge is 2.49. The Hall–Kier alpha value is -3.27. The third-order valence-corrected chi connectivity index (χ3v) is 4.24. The second-order valence-electron chi connectivity index (χ2n) is 5.84. The highest BCUT2D eigenvalue weighted by molar-refractivity contribution is 6.07. The van der Waals surface area contributed by atoms with Crippen molar-refractivity contribution in [1.29, 1.82) is 5.26 Å². The van der Waals surface area contributed by atoms with Gasteiger partial charge in [0.1, 0.15) is 5.54 Å². The molecule has 1 heterocycles. The van der Waals surface area contributed by atoms with Gasteiger partial charge in [0.15, 0.2) is 11.6 Å². The van der Waals surface area contributed by atoms with Gasteiger partial charge in [-0.05, 0) is 36.2 Å². The summed E-state index contributed by atoms with van der Waals surface area (Å²) < 4.78 is 26.7. The van der Waals surface area contributed by atoms with Crippen LogP contribution in [0.4, 0.5) is 13.6 Å². The van der Waals surface area contributed by atoms with Crippen LogP contribution < -0.4 is 5.32 Å². The van der Waals surface area contributed by atoms with E-state index in [0.717, 1.165) is 17.0 Å². The number of rotatable bonds is 3. The summed E-state index contributed by atoms with van der Waals surface area (Å²) in [5, 5.41) is 11.6. The zero-order valence-corrected chi connectivity index (χ0v) is 13.2. The monoisotopic (exact) mass is 341 g/mol. The lowest BCUT2D eigenvalue weighted by atomic mass is 9.92. The molecule has 1 atom stereocenters. The van der Waals surface area contributed by atoms with E-state index in [1.807, 2.05) is 6.07 Å². The second-order valence-corrected chi connectivity index (χ2v) is 5.84. The molecule has 1 N–H and O–H groups in total. The Morgan fingerprint density at radius 2 is 1.88 bits per heavy atom. The number of carbonyl (C=O) groups excluding carboxylic acids is 2. The van der Waals surface area contributed by atoms with E-state index in [-0.39, 0.29) is 12.1 Å². The van der Waals surface area contributed by atoms with Crippen LogP contribution in [-0.4, -0.2) is 16.8 Å². The molecule has 1 aliphatic heterocycles. The molecule has 3 amide bonds. The van der Waals surface area contributed by atoms with Gasteiger partial charge >= 0.3 is 6.03 Å². The van der Waals surface area contributed by atoms with Crippen LogP contribution in [0.25, 0.3) is 0 Å². The third kappa shape index (κ3) is 2.72. The largest absolute Gasteiger partial charge is 0.325 e. The van der Waals surface area contributed by atoms with Crippen LogP contribution in [0.2, 0.25) is 0 Å². The number of imide groups is 1. The lowest BCUT2D eigenvalue weighted by molar-refractivity contribution is -0.131. The first-order valence-electron chi connectivity index (χ1n) is 7.44. The maximum atomic E-state index is 13.5. The molecule has 7 heteroatoms. The van der Waals surface area contributed by atoms with E-state index in [9.17, 15) is 18.4 Å². The smallest absolute Gasteiger partial charge is 0.319 e. The molecule has 1 unspecified atom stereocenters. The lowest BCUT2D eigenvalue weighted by Crippen LogP contribution is -2.41. The average molecular weight is 341 g/mol. The molecule has 1 saturated heterocycles. The molecule has 5 nitrogen and oxygen atoms in total. The fourth-order valence-corrected chi connectivity index (χ4v) is 2.78. The summed E-state index contributed by atoms with van der Waals surface area (Å²) in [4.78, 5) is 26.0. The maximum Gasteiger partial charge on any atom is 0.325 e. The number of hydrogen-bond acceptors (Lipinski definition) is 3. The van der Waals surface area contributed by atoms with Crippen molar-refractivity contribution in [2.75, 3.05) is 0 Å². The van der Waals surface area contributed by atoms with E-state index in [0.29, 0.717) is 11.1 Å². The lowest BCUT2D eigenvalue weighted by Gasteiger charge is -2.22. The minimum absolute atomic E-state index is 0.0896. The molecule has 3 rings (SSSR count). The van der Waals surface area contributed by atoms with Crippen LogP contribution in [0.5, 0.6) is 0 Å². The van der Waals surface area contributed by atoms with E-state index >= 15 is 0 Å². The van der Waals surface area contributed by atoms with Gasteiger partial charge in [0.2, 0.25) is 0 Å². The van der Waals surface area contributed by atoms with Gasteiger partial charge in [0.05, 0.1) is 18.2 Å². The zero-order chi connectivity index (χ0) is 18.2. The second kappa shape index (κ2) is 5.98. The van der Waals surface area contributed by atoms with E-state index in [4.69, 9.17) is 5.26 Å². The van der Waals surface area contributed by atoms with Crippen molar-refractivity contribution in [2.24, 2.45) is 0 Å². The summed E-state index contributed by atoms with van der Waals surface area (Å²) in [6, 6.07) is 11.0. The summed E-state index contributed by atoms with van der Waals surface area (Å²) in [6.45, 7) is 1.34. The van der Waals surface area contributed by atoms with Crippen LogP contribution in [-0.2, 0) is 16.9 Å². The standard InChI is InChI=1S/C18H13F2N3O2/c1-18(13-6-7-14(19)15(20)8-13)16(24)23(17(25)22-18)10-12-5-3-2-4-11(12)9-21/h2-8H,10H2,1H3,(H,22,25). The number of nitrogens with zero attached hydrogens (tertiary/aromatic N) is 2. The first-order chi connectivity index (χ1) is 11.9. The molecule has 0 spiro atoms. The van der Waals surface area contributed by atoms with Crippen LogP contribution in [0.15, 0.2) is 42.5 Å². The van der Waals surface area contributed by atoms with Crippen molar-refractivity contribution in [1.82, 2.24) is 10.2 Å². The molecule has 0 aliphatic carbocycles. The molecule has 1 fully saturated rings. The summed E-state index contributed by atoms with van der Waals surface area (Å²) in [5.74, 6) is -2.74. The SMILES string of the molecule is CC1(c2ccc(F)c(F)c2)NC(=O)N(Cc2ccccc2C#N)C1=O. The van der Waals surface area contributed by atoms with Crippen LogP contribution in [0.1, 0.15) is 23.6 Å². The quantitative estimate of drug-likeness (QED) is 0.873. The minimum atomic E-state index is -1.51. The number of urea groups is 1.